The van der Waals surface area contributed by atoms with Gasteiger partial charge >= 0.3 is 0 Å². The second-order valence-corrected chi connectivity index (χ2v) is 8.44. The molecule has 0 aliphatic carbocycles. The predicted molar refractivity (Wildman–Crippen MR) is 116 cm³/mol. The number of fused-ring (bicyclic) bond motifs is 1. The number of nitrogens with zero attached hydrogens (tertiary/aromatic N) is 5. The number of carbonyl (C=O) groups excluding carboxylic acids is 2. The maximum atomic E-state index is 12.5. The van der Waals surface area contributed by atoms with Crippen LogP contribution in [0.1, 0.15) is 26.7 Å². The molecular weight excluding hydrogens is 450 g/mol. The fourth-order valence-electron chi connectivity index (χ4n) is 3.68. The largest absolute Gasteiger partial charge is 0.444 e. The van der Waals surface area contributed by atoms with Crippen molar-refractivity contribution < 1.29 is 14.0 Å². The summed E-state index contributed by atoms with van der Waals surface area (Å²) in [5.41, 5.74) is 2.45. The zero-order valence-corrected chi connectivity index (χ0v) is 18.8. The molecule has 1 aromatic carbocycles. The number of hydrogen-bond acceptors (Lipinski definition) is 5. The van der Waals surface area contributed by atoms with E-state index in [0.29, 0.717) is 35.6 Å². The van der Waals surface area contributed by atoms with Gasteiger partial charge in [-0.15, -0.1) is 0 Å². The lowest BCUT2D eigenvalue weighted by molar-refractivity contribution is 0.0592. The van der Waals surface area contributed by atoms with Gasteiger partial charge in [-0.25, -0.2) is 4.98 Å². The first-order valence-corrected chi connectivity index (χ1v) is 10.6. The lowest BCUT2D eigenvalue weighted by Crippen LogP contribution is -2.48. The Kier molecular flexibility index (Phi) is 5.66. The number of amides is 2. The Labute approximate surface area is 183 Å². The first-order chi connectivity index (χ1) is 14.3. The molecule has 8 nitrogen and oxygen atoms in total. The van der Waals surface area contributed by atoms with Gasteiger partial charge in [-0.3, -0.25) is 14.5 Å². The van der Waals surface area contributed by atoms with Crippen LogP contribution in [0.4, 0.5) is 0 Å². The smallest absolute Gasteiger partial charge is 0.289 e. The molecule has 0 atom stereocenters. The molecule has 1 aliphatic heterocycles. The van der Waals surface area contributed by atoms with Gasteiger partial charge in [0.15, 0.2) is 10.4 Å². The molecule has 9 heteroatoms. The molecule has 3 aromatic rings. The Hall–Kier alpha value is -2.65. The first kappa shape index (κ1) is 20.6. The van der Waals surface area contributed by atoms with Gasteiger partial charge in [-0.05, 0) is 46.3 Å². The minimum Gasteiger partial charge on any atom is -0.444 e. The molecule has 0 saturated carbocycles. The summed E-state index contributed by atoms with van der Waals surface area (Å²) in [6.45, 7) is 3.50. The Balaban J connectivity index is 1.43. The van der Waals surface area contributed by atoms with Crippen molar-refractivity contribution >= 4 is 38.8 Å². The van der Waals surface area contributed by atoms with E-state index in [0.717, 1.165) is 29.9 Å². The molecule has 1 saturated heterocycles. The number of hydrogen-bond donors (Lipinski definition) is 0. The number of aryl methyl sites for hydroxylation is 1. The zero-order valence-electron chi connectivity index (χ0n) is 17.3. The molecule has 2 aromatic heterocycles. The topological polar surface area (TPSA) is 74.8 Å². The molecule has 158 valence electrons. The van der Waals surface area contributed by atoms with E-state index in [1.54, 1.807) is 31.1 Å². The summed E-state index contributed by atoms with van der Waals surface area (Å²) in [5.74, 6) is 1.18. The molecule has 3 heterocycles. The van der Waals surface area contributed by atoms with Crippen molar-refractivity contribution in [1.29, 1.82) is 0 Å². The minimum absolute atomic E-state index is 0.0338. The Bertz CT molecular complexity index is 1100. The van der Waals surface area contributed by atoms with E-state index < -0.39 is 0 Å². The van der Waals surface area contributed by atoms with Crippen LogP contribution >= 0.6 is 15.9 Å². The maximum Gasteiger partial charge on any atom is 0.289 e. The summed E-state index contributed by atoms with van der Waals surface area (Å²) in [4.78, 5) is 35.2. The molecule has 0 spiro atoms. The number of furan rings is 1. The number of piperazine rings is 1. The quantitative estimate of drug-likeness (QED) is 0.581. The third-order valence-electron chi connectivity index (χ3n) is 5.44. The average molecular weight is 474 g/mol. The number of benzene rings is 1. The van der Waals surface area contributed by atoms with E-state index in [4.69, 9.17) is 9.40 Å². The molecule has 0 N–H and O–H groups in total. The van der Waals surface area contributed by atoms with Gasteiger partial charge in [0.05, 0.1) is 17.6 Å². The number of carbonyl (C=O) groups is 2. The van der Waals surface area contributed by atoms with Gasteiger partial charge in [-0.1, -0.05) is 0 Å². The van der Waals surface area contributed by atoms with Crippen LogP contribution in [0.2, 0.25) is 0 Å². The van der Waals surface area contributed by atoms with Crippen molar-refractivity contribution in [3.8, 4) is 0 Å². The predicted octanol–water partition coefficient (Wildman–Crippen LogP) is 2.59. The second kappa shape index (κ2) is 8.23. The third kappa shape index (κ3) is 3.99. The van der Waals surface area contributed by atoms with Gasteiger partial charge in [0, 0.05) is 52.9 Å². The standard InChI is InChI=1S/C21H24BrN5O3/c1-24(2)20(28)14-4-5-16-15(12-14)23-19(25(16)3)13-26-8-10-27(11-9-26)21(29)17-6-7-18(22)30-17/h4-7,12H,8-11,13H2,1-3H3. The summed E-state index contributed by atoms with van der Waals surface area (Å²) in [5, 5.41) is 0. The maximum absolute atomic E-state index is 12.5. The van der Waals surface area contributed by atoms with E-state index >= 15 is 0 Å². The van der Waals surface area contributed by atoms with Crippen LogP contribution in [0.25, 0.3) is 11.0 Å². The number of aromatic nitrogens is 2. The van der Waals surface area contributed by atoms with E-state index in [2.05, 4.69) is 25.4 Å². The van der Waals surface area contributed by atoms with Crippen LogP contribution in [0.15, 0.2) is 39.4 Å². The average Bonchev–Trinajstić information content (AvgIpc) is 3.30. The summed E-state index contributed by atoms with van der Waals surface area (Å²) in [7, 11) is 5.48. The van der Waals surface area contributed by atoms with Crippen LogP contribution in [-0.4, -0.2) is 76.3 Å². The molecule has 0 bridgehead atoms. The molecule has 30 heavy (non-hydrogen) atoms. The molecule has 2 amide bonds. The summed E-state index contributed by atoms with van der Waals surface area (Å²) < 4.78 is 8.01. The summed E-state index contributed by atoms with van der Waals surface area (Å²) in [6, 6.07) is 9.05. The molecule has 0 unspecified atom stereocenters. The minimum atomic E-state index is -0.0823. The van der Waals surface area contributed by atoms with Gasteiger partial charge in [-0.2, -0.15) is 0 Å². The van der Waals surface area contributed by atoms with E-state index in [1.165, 1.54) is 0 Å². The van der Waals surface area contributed by atoms with Gasteiger partial charge in [0.1, 0.15) is 5.82 Å². The molecule has 1 aliphatic rings. The number of imidazole rings is 1. The Morgan fingerprint density at radius 2 is 1.87 bits per heavy atom. The SMILES string of the molecule is CN(C)C(=O)c1ccc2c(c1)nc(CN1CCN(C(=O)c3ccc(Br)o3)CC1)n2C. The van der Waals surface area contributed by atoms with Crippen molar-refractivity contribution in [3.05, 3.63) is 52.1 Å². The zero-order chi connectivity index (χ0) is 21.4. The highest BCUT2D eigenvalue weighted by atomic mass is 79.9. The van der Waals surface area contributed by atoms with Crippen molar-refractivity contribution in [2.24, 2.45) is 7.05 Å². The lowest BCUT2D eigenvalue weighted by Gasteiger charge is -2.34. The van der Waals surface area contributed by atoms with Crippen molar-refractivity contribution in [1.82, 2.24) is 24.3 Å². The van der Waals surface area contributed by atoms with Crippen LogP contribution < -0.4 is 0 Å². The summed E-state index contributed by atoms with van der Waals surface area (Å²) >= 11 is 3.24. The van der Waals surface area contributed by atoms with Gasteiger partial charge < -0.3 is 18.8 Å². The van der Waals surface area contributed by atoms with Crippen LogP contribution in [0.3, 0.4) is 0 Å². The fraction of sp³-hybridized carbons (Fsp3) is 0.381. The summed E-state index contributed by atoms with van der Waals surface area (Å²) in [6.07, 6.45) is 0. The fourth-order valence-corrected chi connectivity index (χ4v) is 3.98. The Morgan fingerprint density at radius 1 is 1.13 bits per heavy atom. The molecule has 0 radical (unpaired) electrons. The highest BCUT2D eigenvalue weighted by Gasteiger charge is 2.25. The van der Waals surface area contributed by atoms with Crippen molar-refractivity contribution in [3.63, 3.8) is 0 Å². The number of halogens is 1. The van der Waals surface area contributed by atoms with Crippen molar-refractivity contribution in [2.45, 2.75) is 6.54 Å². The number of rotatable bonds is 4. The second-order valence-electron chi connectivity index (χ2n) is 7.66. The third-order valence-corrected chi connectivity index (χ3v) is 5.86. The van der Waals surface area contributed by atoms with E-state index in [1.807, 2.05) is 30.1 Å². The van der Waals surface area contributed by atoms with Crippen LogP contribution in [-0.2, 0) is 13.6 Å². The van der Waals surface area contributed by atoms with E-state index in [9.17, 15) is 9.59 Å². The molecule has 1 fully saturated rings. The normalized spacial score (nSPS) is 15.0. The van der Waals surface area contributed by atoms with Crippen molar-refractivity contribution in [2.75, 3.05) is 40.3 Å². The van der Waals surface area contributed by atoms with Crippen LogP contribution in [0.5, 0.6) is 0 Å². The lowest BCUT2D eigenvalue weighted by atomic mass is 10.2. The molecule has 4 rings (SSSR count). The van der Waals surface area contributed by atoms with Gasteiger partial charge in [0.2, 0.25) is 0 Å². The Morgan fingerprint density at radius 3 is 2.50 bits per heavy atom. The van der Waals surface area contributed by atoms with E-state index in [-0.39, 0.29) is 11.8 Å². The first-order valence-electron chi connectivity index (χ1n) is 9.77. The van der Waals surface area contributed by atoms with Gasteiger partial charge in [0.25, 0.3) is 11.8 Å². The molecular formula is C21H24BrN5O3. The van der Waals surface area contributed by atoms with Crippen LogP contribution in [0, 0.1) is 0 Å². The monoisotopic (exact) mass is 473 g/mol. The highest BCUT2D eigenvalue weighted by Crippen LogP contribution is 2.20. The highest BCUT2D eigenvalue weighted by molar-refractivity contribution is 9.10.